The molecule has 0 aromatic rings. The van der Waals surface area contributed by atoms with Crippen LogP contribution < -0.4 is 40.6 Å². The molecule has 0 aromatic heterocycles. The fourth-order valence-corrected chi connectivity index (χ4v) is 4.71. The molecule has 4 N–H and O–H groups in total. The van der Waals surface area contributed by atoms with E-state index in [9.17, 15) is 27.7 Å². The van der Waals surface area contributed by atoms with Crippen LogP contribution in [-0.2, 0) is 19.7 Å². The van der Waals surface area contributed by atoms with Gasteiger partial charge < -0.3 is 44.5 Å². The van der Waals surface area contributed by atoms with Gasteiger partial charge in [-0.2, -0.15) is 0 Å². The van der Waals surface area contributed by atoms with Crippen molar-refractivity contribution in [3.63, 3.8) is 0 Å². The summed E-state index contributed by atoms with van der Waals surface area (Å²) in [6.45, 7) is 6.03. The minimum atomic E-state index is -4.72. The second-order valence-corrected chi connectivity index (χ2v) is 12.5. The van der Waals surface area contributed by atoms with Crippen molar-refractivity contribution in [2.24, 2.45) is 17.1 Å². The first-order valence-corrected chi connectivity index (χ1v) is 12.0. The van der Waals surface area contributed by atoms with Crippen molar-refractivity contribution in [2.45, 2.75) is 111 Å². The largest absolute Gasteiger partial charge is 1.00 e. The Morgan fingerprint density at radius 3 is 1.57 bits per heavy atom. The Hall–Kier alpha value is -0.270. The molecule has 0 radical (unpaired) electrons. The van der Waals surface area contributed by atoms with Crippen molar-refractivity contribution in [1.82, 2.24) is 5.32 Å². The van der Waals surface area contributed by atoms with E-state index >= 15 is 0 Å². The van der Waals surface area contributed by atoms with Gasteiger partial charge in [-0.15, -0.1) is 0 Å². The number of nitrogens with two attached hydrogens (primary N) is 1. The van der Waals surface area contributed by atoms with Crippen LogP contribution in [0.4, 0.5) is 0 Å². The summed E-state index contributed by atoms with van der Waals surface area (Å²) in [6.07, 6.45) is -0.663. The number of primary amides is 1. The first-order valence-electron chi connectivity index (χ1n) is 10.5. The summed E-state index contributed by atoms with van der Waals surface area (Å²) in [6, 6.07) is 0. The van der Waals surface area contributed by atoms with Crippen molar-refractivity contribution >= 4 is 21.9 Å². The molecule has 0 fully saturated rings. The summed E-state index contributed by atoms with van der Waals surface area (Å²) in [5, 5.41) is 11.7. The third-order valence-electron chi connectivity index (χ3n) is 5.33. The molecule has 0 bridgehead atoms. The van der Waals surface area contributed by atoms with E-state index in [1.54, 1.807) is 20.8 Å². The Labute approximate surface area is 289 Å². The van der Waals surface area contributed by atoms with E-state index in [2.05, 4.69) is 5.32 Å². The van der Waals surface area contributed by atoms with E-state index in [-0.39, 0.29) is 123 Å². The molecule has 0 spiro atoms. The van der Waals surface area contributed by atoms with Gasteiger partial charge in [0.2, 0.25) is 11.8 Å². The number of hydrogen-bond donors (Lipinski definition) is 3. The van der Waals surface area contributed by atoms with Crippen LogP contribution in [-0.4, -0.2) is 105 Å². The number of aliphatic hydroxyl groups is 1. The molecule has 0 heterocycles. The smallest absolute Gasteiger partial charge is 0.748 e. The van der Waals surface area contributed by atoms with Gasteiger partial charge in [0.15, 0.2) is 12.8 Å². The van der Waals surface area contributed by atoms with Gasteiger partial charge in [0.05, 0.1) is 50.6 Å². The second-order valence-electron chi connectivity index (χ2n) is 10.9. The van der Waals surface area contributed by atoms with Crippen LogP contribution >= 0.6 is 0 Å². The third kappa shape index (κ3) is 32.6. The molecular weight excluding hydrogens is 567 g/mol. The number of hydrogen-bond acceptors (Lipinski definition) is 6. The first kappa shape index (κ1) is 78.3. The Balaban J connectivity index is -0.0000000818. The van der Waals surface area contributed by atoms with E-state index in [0.29, 0.717) is 28.5 Å². The fourth-order valence-electron chi connectivity index (χ4n) is 3.62. The Morgan fingerprint density at radius 1 is 0.905 bits per heavy atom. The zero-order valence-corrected chi connectivity index (χ0v) is 26.2. The Morgan fingerprint density at radius 2 is 1.29 bits per heavy atom. The van der Waals surface area contributed by atoms with Crippen LogP contribution in [0.1, 0.15) is 99.4 Å². The summed E-state index contributed by atoms with van der Waals surface area (Å²) in [7, 11) is 4.96. The molecule has 2 amide bonds. The molecule has 10 nitrogen and oxygen atoms in total. The van der Waals surface area contributed by atoms with Gasteiger partial charge in [-0.1, -0.05) is 80.2 Å². The molecule has 3 unspecified atom stereocenters. The quantitative estimate of drug-likeness (QED) is 0.0866. The molecule has 0 aliphatic heterocycles. The zero-order valence-electron chi connectivity index (χ0n) is 23.3. The number of quaternary nitrogens is 2. The maximum absolute atomic E-state index is 12.8. The Bertz CT molecular complexity index is 728. The fraction of sp³-hybridized carbons (Fsp3) is 0.867. The topological polar surface area (TPSA) is 150 Å². The van der Waals surface area contributed by atoms with Crippen molar-refractivity contribution < 1.29 is 66.2 Å². The van der Waals surface area contributed by atoms with Gasteiger partial charge in [-0.05, 0) is 19.3 Å². The number of rotatable bonds is 14. The number of carbonyl (C=O) groups excluding carboxylic acids is 2. The number of nitrogens with zero attached hydrogens (tertiary/aromatic N) is 2. The molecule has 0 aliphatic carbocycles. The van der Waals surface area contributed by atoms with Gasteiger partial charge in [-0.3, -0.25) is 9.59 Å². The maximum atomic E-state index is 12.8. The van der Waals surface area contributed by atoms with Gasteiger partial charge >= 0.3 is 29.6 Å². The van der Waals surface area contributed by atoms with Crippen LogP contribution in [0, 0.1) is 26.2 Å². The molecular formula is C30H81N4NaO6S. The third-order valence-corrected chi connectivity index (χ3v) is 6.51. The number of likely N-dealkylation sites (N-methyl/N-ethyl adjacent to an activating group) is 2. The van der Waals surface area contributed by atoms with Crippen LogP contribution in [0.2, 0.25) is 0 Å². The summed E-state index contributed by atoms with van der Waals surface area (Å²) in [5.74, 6) is -1.81. The first-order chi connectivity index (χ1) is 13.7. The average Bonchev–Trinajstić information content (AvgIpc) is 2.52. The molecule has 0 saturated carbocycles. The van der Waals surface area contributed by atoms with Crippen LogP contribution in [0.15, 0.2) is 0 Å². The van der Waals surface area contributed by atoms with Crippen molar-refractivity contribution in [3.05, 3.63) is 14.9 Å². The molecule has 0 saturated heterocycles. The molecule has 0 aliphatic rings. The standard InChI is InChI=1S/C20H42N4O6S.8CH4.2CH3.Na/c1-9-15(18(21)26)10-17(31(28,29)30)11-20(2,3)19(27)22-14-24(7,8)13-16(25)12-23(4,5)6;;;;;;;;;;;/h15-17,25H,9-14H2,1-8H3,(H2-2,21,22,26,27,28,29,30);8*1H4;2*1H3;/q;;;;;;;;;2*-1;+1/p+1. The number of carbonyl (C=O) groups is 2. The monoisotopic (exact) mass is 649 g/mol. The molecule has 12 heteroatoms. The van der Waals surface area contributed by atoms with Crippen LogP contribution in [0.5, 0.6) is 0 Å². The predicted octanol–water partition coefficient (Wildman–Crippen LogP) is 2.43. The van der Waals surface area contributed by atoms with Crippen molar-refractivity contribution in [2.75, 3.05) is 55.0 Å². The molecule has 264 valence electrons. The molecule has 3 atom stereocenters. The molecule has 42 heavy (non-hydrogen) atoms. The molecule has 0 rings (SSSR count). The summed E-state index contributed by atoms with van der Waals surface area (Å²) < 4.78 is 36.3. The maximum Gasteiger partial charge on any atom is 1.00 e. The van der Waals surface area contributed by atoms with Crippen molar-refractivity contribution in [3.8, 4) is 0 Å². The van der Waals surface area contributed by atoms with E-state index in [0.717, 1.165) is 0 Å². The predicted molar refractivity (Wildman–Crippen MR) is 185 cm³/mol. The van der Waals surface area contributed by atoms with Crippen LogP contribution in [0.3, 0.4) is 0 Å². The normalized spacial score (nSPS) is 12.1. The Kier molecular flexibility index (Phi) is 57.3. The van der Waals surface area contributed by atoms with Gasteiger partial charge in [0.1, 0.15) is 13.1 Å². The van der Waals surface area contributed by atoms with E-state index in [1.165, 1.54) is 0 Å². The zero-order chi connectivity index (χ0) is 24.8. The van der Waals surface area contributed by atoms with E-state index in [1.807, 2.05) is 35.2 Å². The average molecular weight is 649 g/mol. The summed E-state index contributed by atoms with van der Waals surface area (Å²) in [4.78, 5) is 24.3. The van der Waals surface area contributed by atoms with Crippen LogP contribution in [0.25, 0.3) is 0 Å². The summed E-state index contributed by atoms with van der Waals surface area (Å²) >= 11 is 0. The number of nitrogens with one attached hydrogen (secondary N) is 1. The van der Waals surface area contributed by atoms with E-state index in [4.69, 9.17) is 5.73 Å². The number of amides is 2. The van der Waals surface area contributed by atoms with Gasteiger partial charge in [0.25, 0.3) is 0 Å². The SMILES string of the molecule is C.C.C.C.C.C.C.C.CCC(CC(CC(C)(C)C(=O)NC[N+](C)(C)CC(O)C[N+](C)(C)C)S(=O)(=O)[O-])C(N)=O.[CH3-].[CH3-].[Na+]. The number of aliphatic hydroxyl groups excluding tert-OH is 1. The summed E-state index contributed by atoms with van der Waals surface area (Å²) in [5.41, 5.74) is 4.14. The minimum Gasteiger partial charge on any atom is -0.748 e. The molecule has 0 aromatic carbocycles. The van der Waals surface area contributed by atoms with Gasteiger partial charge in [-0.25, -0.2) is 8.42 Å². The minimum absolute atomic E-state index is 0. The van der Waals surface area contributed by atoms with Crippen molar-refractivity contribution in [1.29, 1.82) is 0 Å². The van der Waals surface area contributed by atoms with Gasteiger partial charge in [0, 0.05) is 11.3 Å². The van der Waals surface area contributed by atoms with E-state index < -0.39 is 44.6 Å². The second kappa shape index (κ2) is 30.7.